The normalized spacial score (nSPS) is 17.5. The van der Waals surface area contributed by atoms with E-state index < -0.39 is 25.2 Å². The van der Waals surface area contributed by atoms with E-state index in [0.717, 1.165) is 0 Å². The summed E-state index contributed by atoms with van der Waals surface area (Å²) >= 11 is 0. The van der Waals surface area contributed by atoms with Crippen LogP contribution in [0.2, 0.25) is 0 Å². The van der Waals surface area contributed by atoms with E-state index in [1.807, 2.05) is 0 Å². The van der Waals surface area contributed by atoms with Gasteiger partial charge in [-0.2, -0.15) is 17.4 Å². The van der Waals surface area contributed by atoms with Gasteiger partial charge in [0.15, 0.2) is 0 Å². The fraction of sp³-hybridized carbons (Fsp3) is 0.538. The van der Waals surface area contributed by atoms with Gasteiger partial charge in [-0.1, -0.05) is 0 Å². The van der Waals surface area contributed by atoms with Crippen LogP contribution in [0.4, 0.5) is 5.69 Å². The molecule has 1 aromatic rings. The summed E-state index contributed by atoms with van der Waals surface area (Å²) in [5.74, 6) is 0. The van der Waals surface area contributed by atoms with E-state index >= 15 is 0 Å². The predicted molar refractivity (Wildman–Crippen MR) is 90.7 cm³/mol. The number of aryl methyl sites for hydroxylation is 1. The second-order valence-electron chi connectivity index (χ2n) is 5.71. The van der Waals surface area contributed by atoms with Crippen LogP contribution in [0.3, 0.4) is 0 Å². The lowest BCUT2D eigenvalue weighted by Gasteiger charge is -2.31. The quantitative estimate of drug-likeness (QED) is 0.520. The second-order valence-corrected chi connectivity index (χ2v) is 9.30. The third kappa shape index (κ3) is 4.52. The topological polar surface area (TPSA) is 139 Å². The van der Waals surface area contributed by atoms with Crippen LogP contribution in [-0.4, -0.2) is 52.2 Å². The fourth-order valence-corrected chi connectivity index (χ4v) is 4.98. The van der Waals surface area contributed by atoms with Crippen LogP contribution in [0, 0.1) is 17.0 Å². The van der Waals surface area contributed by atoms with E-state index in [4.69, 9.17) is 0 Å². The second kappa shape index (κ2) is 7.33. The maximum atomic E-state index is 12.7. The molecule has 2 rings (SSSR count). The largest absolute Gasteiger partial charge is 0.276 e. The Kier molecular flexibility index (Phi) is 5.79. The SMILES string of the molecule is CNS(=O)(=O)NC1CCN(S(=O)(=O)c2ccc([N+](=O)[O-])c(C)c2)CC1. The van der Waals surface area contributed by atoms with Gasteiger partial charge in [-0.05, 0) is 31.9 Å². The van der Waals surface area contributed by atoms with Gasteiger partial charge >= 0.3 is 0 Å². The number of nitro benzene ring substituents is 1. The van der Waals surface area contributed by atoms with Crippen LogP contribution < -0.4 is 9.44 Å². The molecule has 10 nitrogen and oxygen atoms in total. The average molecular weight is 392 g/mol. The zero-order valence-electron chi connectivity index (χ0n) is 13.8. The van der Waals surface area contributed by atoms with Gasteiger partial charge in [0, 0.05) is 37.8 Å². The number of sulfonamides is 1. The van der Waals surface area contributed by atoms with E-state index in [9.17, 15) is 26.9 Å². The predicted octanol–water partition coefficient (Wildman–Crippen LogP) is 0.110. The van der Waals surface area contributed by atoms with Crippen LogP contribution in [0.1, 0.15) is 18.4 Å². The van der Waals surface area contributed by atoms with E-state index in [2.05, 4.69) is 9.44 Å². The lowest BCUT2D eigenvalue weighted by atomic mass is 10.1. The first-order valence-corrected chi connectivity index (χ1v) is 10.4. The number of rotatable bonds is 6. The Bertz CT molecular complexity index is 861. The molecule has 25 heavy (non-hydrogen) atoms. The summed E-state index contributed by atoms with van der Waals surface area (Å²) in [4.78, 5) is 10.3. The summed E-state index contributed by atoms with van der Waals surface area (Å²) < 4.78 is 54.2. The number of nitrogens with one attached hydrogen (secondary N) is 2. The van der Waals surface area contributed by atoms with Crippen molar-refractivity contribution >= 4 is 25.9 Å². The summed E-state index contributed by atoms with van der Waals surface area (Å²) in [6, 6.07) is 3.33. The Labute approximate surface area is 146 Å². The Balaban J connectivity index is 2.12. The van der Waals surface area contributed by atoms with Gasteiger partial charge in [-0.25, -0.2) is 13.1 Å². The molecule has 1 heterocycles. The smallest absolute Gasteiger partial charge is 0.258 e. The molecule has 0 aromatic heterocycles. The third-order valence-electron chi connectivity index (χ3n) is 4.05. The Hall–Kier alpha value is -1.60. The molecule has 12 heteroatoms. The lowest BCUT2D eigenvalue weighted by molar-refractivity contribution is -0.385. The summed E-state index contributed by atoms with van der Waals surface area (Å²) in [6.07, 6.45) is 0.679. The number of hydrogen-bond donors (Lipinski definition) is 2. The van der Waals surface area contributed by atoms with Gasteiger partial charge in [-0.15, -0.1) is 0 Å². The maximum Gasteiger partial charge on any atom is 0.276 e. The van der Waals surface area contributed by atoms with Crippen molar-refractivity contribution in [3.8, 4) is 0 Å². The first-order valence-electron chi connectivity index (χ1n) is 7.53. The van der Waals surface area contributed by atoms with Crippen LogP contribution in [0.15, 0.2) is 23.1 Å². The zero-order chi connectivity index (χ0) is 18.8. The first kappa shape index (κ1) is 19.7. The number of benzene rings is 1. The van der Waals surface area contributed by atoms with Crippen LogP contribution in [0.25, 0.3) is 0 Å². The summed E-state index contributed by atoms with van der Waals surface area (Å²) in [6.45, 7) is 1.81. The van der Waals surface area contributed by atoms with Crippen molar-refractivity contribution < 1.29 is 21.8 Å². The summed E-state index contributed by atoms with van der Waals surface area (Å²) in [5, 5.41) is 10.8. The summed E-state index contributed by atoms with van der Waals surface area (Å²) in [7, 11) is -6.07. The molecule has 140 valence electrons. The number of hydrogen-bond acceptors (Lipinski definition) is 6. The van der Waals surface area contributed by atoms with E-state index in [-0.39, 0.29) is 35.3 Å². The number of nitro groups is 1. The molecule has 1 fully saturated rings. The van der Waals surface area contributed by atoms with E-state index in [0.29, 0.717) is 12.8 Å². The fourth-order valence-electron chi connectivity index (χ4n) is 2.63. The number of nitrogens with zero attached hydrogens (tertiary/aromatic N) is 2. The van der Waals surface area contributed by atoms with Crippen LogP contribution in [0.5, 0.6) is 0 Å². The molecule has 0 radical (unpaired) electrons. The Morgan fingerprint density at radius 3 is 2.28 bits per heavy atom. The van der Waals surface area contributed by atoms with Crippen molar-refractivity contribution in [2.75, 3.05) is 20.1 Å². The highest BCUT2D eigenvalue weighted by molar-refractivity contribution is 7.89. The molecule has 0 unspecified atom stereocenters. The highest BCUT2D eigenvalue weighted by atomic mass is 32.2. The molecule has 1 saturated heterocycles. The van der Waals surface area contributed by atoms with Crippen molar-refractivity contribution in [1.82, 2.24) is 13.7 Å². The van der Waals surface area contributed by atoms with Crippen LogP contribution in [-0.2, 0) is 20.2 Å². The van der Waals surface area contributed by atoms with Gasteiger partial charge in [0.05, 0.1) is 9.82 Å². The van der Waals surface area contributed by atoms with Crippen molar-refractivity contribution in [3.63, 3.8) is 0 Å². The molecule has 0 saturated carbocycles. The van der Waals surface area contributed by atoms with Crippen molar-refractivity contribution in [2.24, 2.45) is 0 Å². The van der Waals surface area contributed by atoms with E-state index in [1.165, 1.54) is 36.5 Å². The molecular weight excluding hydrogens is 372 g/mol. The molecule has 0 spiro atoms. The van der Waals surface area contributed by atoms with Crippen molar-refractivity contribution in [2.45, 2.75) is 30.7 Å². The summed E-state index contributed by atoms with van der Waals surface area (Å²) in [5.41, 5.74) is 0.127. The highest BCUT2D eigenvalue weighted by Crippen LogP contribution is 2.25. The minimum absolute atomic E-state index is 0.00939. The molecule has 0 amide bonds. The zero-order valence-corrected chi connectivity index (χ0v) is 15.4. The van der Waals surface area contributed by atoms with Crippen molar-refractivity contribution in [1.29, 1.82) is 0 Å². The standard InChI is InChI=1S/C13H20N4O6S2/c1-10-9-12(3-4-13(10)17(18)19)24(20,21)16-7-5-11(6-8-16)15-25(22,23)14-2/h3-4,9,11,14-15H,5-8H2,1-2H3. The lowest BCUT2D eigenvalue weighted by Crippen LogP contribution is -2.48. The minimum Gasteiger partial charge on any atom is -0.258 e. The van der Waals surface area contributed by atoms with Gasteiger partial charge in [0.1, 0.15) is 0 Å². The van der Waals surface area contributed by atoms with Crippen LogP contribution >= 0.6 is 0 Å². The monoisotopic (exact) mass is 392 g/mol. The molecule has 2 N–H and O–H groups in total. The minimum atomic E-state index is -3.78. The highest BCUT2D eigenvalue weighted by Gasteiger charge is 2.31. The van der Waals surface area contributed by atoms with Crippen molar-refractivity contribution in [3.05, 3.63) is 33.9 Å². The number of piperidine rings is 1. The molecular formula is C13H20N4O6S2. The average Bonchev–Trinajstić information content (AvgIpc) is 2.54. The van der Waals surface area contributed by atoms with Gasteiger partial charge in [-0.3, -0.25) is 10.1 Å². The molecule has 0 atom stereocenters. The first-order chi connectivity index (χ1) is 11.6. The maximum absolute atomic E-state index is 12.7. The van der Waals surface area contributed by atoms with Gasteiger partial charge in [0.2, 0.25) is 10.0 Å². The Morgan fingerprint density at radius 1 is 1.20 bits per heavy atom. The molecule has 1 aliphatic rings. The van der Waals surface area contributed by atoms with Gasteiger partial charge < -0.3 is 0 Å². The molecule has 0 aliphatic carbocycles. The van der Waals surface area contributed by atoms with E-state index in [1.54, 1.807) is 0 Å². The molecule has 0 bridgehead atoms. The molecule has 1 aliphatic heterocycles. The Morgan fingerprint density at radius 2 is 1.80 bits per heavy atom. The van der Waals surface area contributed by atoms with Gasteiger partial charge in [0.25, 0.3) is 15.9 Å². The third-order valence-corrected chi connectivity index (χ3v) is 7.12. The molecule has 1 aromatic carbocycles.